The van der Waals surface area contributed by atoms with Crippen LogP contribution in [0.1, 0.15) is 23.1 Å². The standard InChI is InChI=1S/C9H13N3O2/c1-5-11-8-6(9(13)14)3-10-4-7(8)12(5)2/h6,10H,3-4H2,1-2H3,(H,13,14). The van der Waals surface area contributed by atoms with E-state index in [1.807, 2.05) is 18.5 Å². The van der Waals surface area contributed by atoms with Crippen LogP contribution in [0.25, 0.3) is 0 Å². The maximum atomic E-state index is 10.9. The number of carboxylic acids is 1. The third kappa shape index (κ3) is 1.21. The van der Waals surface area contributed by atoms with Crippen molar-refractivity contribution in [3.8, 4) is 0 Å². The first-order chi connectivity index (χ1) is 6.61. The Labute approximate surface area is 81.8 Å². The van der Waals surface area contributed by atoms with E-state index in [-0.39, 0.29) is 0 Å². The molecule has 0 radical (unpaired) electrons. The molecular formula is C9H13N3O2. The lowest BCUT2D eigenvalue weighted by Crippen LogP contribution is -2.33. The van der Waals surface area contributed by atoms with Crippen LogP contribution in [0.15, 0.2) is 0 Å². The number of fused-ring (bicyclic) bond motifs is 1. The molecule has 0 aromatic carbocycles. The highest BCUT2D eigenvalue weighted by Crippen LogP contribution is 2.23. The highest BCUT2D eigenvalue weighted by molar-refractivity contribution is 5.76. The van der Waals surface area contributed by atoms with Gasteiger partial charge in [0.1, 0.15) is 11.7 Å². The van der Waals surface area contributed by atoms with Gasteiger partial charge in [-0.15, -0.1) is 0 Å². The molecule has 2 rings (SSSR count). The fraction of sp³-hybridized carbons (Fsp3) is 0.556. The van der Waals surface area contributed by atoms with Gasteiger partial charge in [-0.25, -0.2) is 4.98 Å². The Morgan fingerprint density at radius 1 is 1.71 bits per heavy atom. The number of aliphatic carboxylic acids is 1. The first-order valence-corrected chi connectivity index (χ1v) is 4.57. The van der Waals surface area contributed by atoms with Crippen molar-refractivity contribution in [2.45, 2.75) is 19.4 Å². The summed E-state index contributed by atoms with van der Waals surface area (Å²) in [6.45, 7) is 3.06. The van der Waals surface area contributed by atoms with E-state index in [4.69, 9.17) is 5.11 Å². The molecule has 1 aliphatic rings. The quantitative estimate of drug-likeness (QED) is 0.662. The van der Waals surface area contributed by atoms with Crippen molar-refractivity contribution in [2.24, 2.45) is 7.05 Å². The van der Waals surface area contributed by atoms with E-state index in [1.54, 1.807) is 0 Å². The third-order valence-electron chi connectivity index (χ3n) is 2.74. The van der Waals surface area contributed by atoms with Crippen LogP contribution in [0.4, 0.5) is 0 Å². The zero-order valence-corrected chi connectivity index (χ0v) is 8.24. The Kier molecular flexibility index (Phi) is 2.03. The van der Waals surface area contributed by atoms with Crippen LogP contribution in [0.3, 0.4) is 0 Å². The number of nitrogens with zero attached hydrogens (tertiary/aromatic N) is 2. The van der Waals surface area contributed by atoms with Crippen LogP contribution >= 0.6 is 0 Å². The van der Waals surface area contributed by atoms with Crippen LogP contribution in [0.2, 0.25) is 0 Å². The predicted octanol–water partition coefficient (Wildman–Crippen LogP) is -0.0000800. The molecule has 0 saturated carbocycles. The molecule has 1 aromatic rings. The molecule has 0 amide bonds. The number of rotatable bonds is 1. The number of aryl methyl sites for hydroxylation is 1. The van der Waals surface area contributed by atoms with Crippen molar-refractivity contribution in [3.05, 3.63) is 17.2 Å². The summed E-state index contributed by atoms with van der Waals surface area (Å²) < 4.78 is 1.94. The zero-order valence-electron chi connectivity index (χ0n) is 8.24. The summed E-state index contributed by atoms with van der Waals surface area (Å²) in [5.74, 6) is -0.444. The van der Waals surface area contributed by atoms with Crippen LogP contribution in [0, 0.1) is 6.92 Å². The molecule has 1 aliphatic heterocycles. The van der Waals surface area contributed by atoms with Crippen molar-refractivity contribution in [1.82, 2.24) is 14.9 Å². The van der Waals surface area contributed by atoms with Crippen LogP contribution in [0.5, 0.6) is 0 Å². The number of carboxylic acid groups (broad SMARTS) is 1. The Hall–Kier alpha value is -1.36. The van der Waals surface area contributed by atoms with Crippen molar-refractivity contribution in [1.29, 1.82) is 0 Å². The highest BCUT2D eigenvalue weighted by Gasteiger charge is 2.30. The van der Waals surface area contributed by atoms with Gasteiger partial charge in [0.15, 0.2) is 0 Å². The van der Waals surface area contributed by atoms with Gasteiger partial charge >= 0.3 is 5.97 Å². The van der Waals surface area contributed by atoms with E-state index in [1.165, 1.54) is 0 Å². The summed E-state index contributed by atoms with van der Waals surface area (Å²) in [4.78, 5) is 15.2. The number of nitrogens with one attached hydrogen (secondary N) is 1. The molecule has 5 nitrogen and oxygen atoms in total. The van der Waals surface area contributed by atoms with E-state index in [2.05, 4.69) is 10.3 Å². The molecule has 0 aliphatic carbocycles. The fourth-order valence-electron chi connectivity index (χ4n) is 1.81. The molecular weight excluding hydrogens is 182 g/mol. The molecule has 0 saturated heterocycles. The molecule has 5 heteroatoms. The maximum Gasteiger partial charge on any atom is 0.313 e. The summed E-state index contributed by atoms with van der Waals surface area (Å²) in [5.41, 5.74) is 1.71. The third-order valence-corrected chi connectivity index (χ3v) is 2.74. The summed E-state index contributed by atoms with van der Waals surface area (Å²) in [6, 6.07) is 0. The number of imidazole rings is 1. The monoisotopic (exact) mass is 195 g/mol. The molecule has 1 aromatic heterocycles. The van der Waals surface area contributed by atoms with Gasteiger partial charge in [0.2, 0.25) is 0 Å². The van der Waals surface area contributed by atoms with Gasteiger partial charge in [0.05, 0.1) is 11.4 Å². The van der Waals surface area contributed by atoms with Gasteiger partial charge in [-0.3, -0.25) is 4.79 Å². The second-order valence-electron chi connectivity index (χ2n) is 3.57. The molecule has 1 unspecified atom stereocenters. The zero-order chi connectivity index (χ0) is 10.3. The van der Waals surface area contributed by atoms with Crippen molar-refractivity contribution in [2.75, 3.05) is 6.54 Å². The van der Waals surface area contributed by atoms with Gasteiger partial charge < -0.3 is 15.0 Å². The largest absolute Gasteiger partial charge is 0.481 e. The minimum absolute atomic E-state index is 0.471. The molecule has 1 atom stereocenters. The lowest BCUT2D eigenvalue weighted by molar-refractivity contribution is -0.138. The first-order valence-electron chi connectivity index (χ1n) is 4.57. The lowest BCUT2D eigenvalue weighted by Gasteiger charge is -2.19. The Bertz CT molecular complexity index is 384. The van der Waals surface area contributed by atoms with Crippen LogP contribution in [-0.2, 0) is 18.4 Å². The minimum atomic E-state index is -0.809. The molecule has 2 heterocycles. The average Bonchev–Trinajstić information content (AvgIpc) is 2.43. The van der Waals surface area contributed by atoms with E-state index in [0.717, 1.165) is 17.2 Å². The van der Waals surface area contributed by atoms with Crippen molar-refractivity contribution >= 4 is 5.97 Å². The topological polar surface area (TPSA) is 67.2 Å². The number of carbonyl (C=O) groups is 1. The maximum absolute atomic E-state index is 10.9. The minimum Gasteiger partial charge on any atom is -0.481 e. The van der Waals surface area contributed by atoms with Gasteiger partial charge in [-0.1, -0.05) is 0 Å². The normalized spacial score (nSPS) is 20.6. The predicted molar refractivity (Wildman–Crippen MR) is 50.0 cm³/mol. The van der Waals surface area contributed by atoms with E-state index < -0.39 is 11.9 Å². The summed E-state index contributed by atoms with van der Waals surface area (Å²) >= 11 is 0. The smallest absolute Gasteiger partial charge is 0.313 e. The van der Waals surface area contributed by atoms with Crippen LogP contribution in [-0.4, -0.2) is 27.2 Å². The SMILES string of the molecule is Cc1nc2c(n1C)CNCC2C(=O)O. The molecule has 0 fully saturated rings. The summed E-state index contributed by atoms with van der Waals surface area (Å²) in [7, 11) is 1.91. The summed E-state index contributed by atoms with van der Waals surface area (Å²) in [6.07, 6.45) is 0. The van der Waals surface area contributed by atoms with Crippen molar-refractivity contribution in [3.63, 3.8) is 0 Å². The second kappa shape index (κ2) is 3.09. The number of hydrogen-bond acceptors (Lipinski definition) is 3. The van der Waals surface area contributed by atoms with Gasteiger partial charge in [-0.05, 0) is 6.92 Å². The van der Waals surface area contributed by atoms with Gasteiger partial charge in [0.25, 0.3) is 0 Å². The Morgan fingerprint density at radius 3 is 3.07 bits per heavy atom. The molecule has 0 spiro atoms. The van der Waals surface area contributed by atoms with E-state index in [9.17, 15) is 4.79 Å². The average molecular weight is 195 g/mol. The molecule has 2 N–H and O–H groups in total. The number of aromatic nitrogens is 2. The fourth-order valence-corrected chi connectivity index (χ4v) is 1.81. The highest BCUT2D eigenvalue weighted by atomic mass is 16.4. The summed E-state index contributed by atoms with van der Waals surface area (Å²) in [5, 5.41) is 12.1. The van der Waals surface area contributed by atoms with Crippen molar-refractivity contribution < 1.29 is 9.90 Å². The second-order valence-corrected chi connectivity index (χ2v) is 3.57. The van der Waals surface area contributed by atoms with E-state index in [0.29, 0.717) is 13.1 Å². The Morgan fingerprint density at radius 2 is 2.43 bits per heavy atom. The molecule has 14 heavy (non-hydrogen) atoms. The lowest BCUT2D eigenvalue weighted by atomic mass is 10.0. The van der Waals surface area contributed by atoms with E-state index >= 15 is 0 Å². The Balaban J connectivity index is 2.50. The van der Waals surface area contributed by atoms with Gasteiger partial charge in [0, 0.05) is 20.1 Å². The first kappa shape index (κ1) is 9.21. The van der Waals surface area contributed by atoms with Crippen LogP contribution < -0.4 is 5.32 Å². The molecule has 76 valence electrons. The number of hydrogen-bond donors (Lipinski definition) is 2. The van der Waals surface area contributed by atoms with Gasteiger partial charge in [-0.2, -0.15) is 0 Å². The molecule has 0 bridgehead atoms.